The molecule has 3 heterocycles. The molecule has 0 unspecified atom stereocenters. The van der Waals surface area contributed by atoms with E-state index in [9.17, 15) is 0 Å². The van der Waals surface area contributed by atoms with Gasteiger partial charge in [-0.2, -0.15) is 0 Å². The number of unbranched alkanes of at least 4 members (excludes halogenated alkanes) is 1. The third-order valence-corrected chi connectivity index (χ3v) is 6.48. The fraction of sp³-hybridized carbons (Fsp3) is 0.462. The van der Waals surface area contributed by atoms with Crippen molar-refractivity contribution in [2.24, 2.45) is 0 Å². The lowest BCUT2D eigenvalue weighted by atomic mass is 10.1. The first kappa shape index (κ1) is 21.0. The van der Waals surface area contributed by atoms with Crippen LogP contribution < -0.4 is 19.1 Å². The van der Waals surface area contributed by atoms with Gasteiger partial charge in [-0.3, -0.25) is 4.90 Å². The van der Waals surface area contributed by atoms with Crippen LogP contribution in [-0.2, 0) is 6.42 Å². The number of hydrogen-bond acceptors (Lipinski definition) is 5. The molecule has 0 bridgehead atoms. The molecule has 2 aliphatic rings. The molecule has 0 radical (unpaired) electrons. The number of benzene rings is 2. The third-order valence-electron chi connectivity index (χ3n) is 6.48. The lowest BCUT2D eigenvalue weighted by Gasteiger charge is -2.36. The molecule has 1 fully saturated rings. The standard InChI is InChI=1S/C26H33N3O3/c1-2-30-24-8-5-7-22-26(24)20(19-27-22)6-3-4-11-28-12-14-29(15-13-28)21-9-10-23-25(18-21)32-17-16-31-23/h5,7-10,18-19,27H,2-4,6,11-17H2,1H3. The number of fused-ring (bicyclic) bond motifs is 2. The zero-order valence-corrected chi connectivity index (χ0v) is 18.9. The van der Waals surface area contributed by atoms with Gasteiger partial charge >= 0.3 is 0 Å². The molecule has 170 valence electrons. The molecule has 6 nitrogen and oxygen atoms in total. The summed E-state index contributed by atoms with van der Waals surface area (Å²) in [6.45, 7) is 9.50. The summed E-state index contributed by atoms with van der Waals surface area (Å²) in [4.78, 5) is 8.45. The summed E-state index contributed by atoms with van der Waals surface area (Å²) in [6, 6.07) is 12.6. The predicted molar refractivity (Wildman–Crippen MR) is 128 cm³/mol. The maximum atomic E-state index is 5.85. The molecule has 3 aromatic rings. The first-order valence-corrected chi connectivity index (χ1v) is 11.9. The van der Waals surface area contributed by atoms with E-state index in [-0.39, 0.29) is 0 Å². The summed E-state index contributed by atoms with van der Waals surface area (Å²) >= 11 is 0. The van der Waals surface area contributed by atoms with Crippen molar-refractivity contribution in [2.45, 2.75) is 26.2 Å². The number of hydrogen-bond donors (Lipinski definition) is 1. The van der Waals surface area contributed by atoms with Gasteiger partial charge in [0.05, 0.1) is 6.61 Å². The minimum atomic E-state index is 0.635. The number of aromatic nitrogens is 1. The lowest BCUT2D eigenvalue weighted by Crippen LogP contribution is -2.46. The molecule has 32 heavy (non-hydrogen) atoms. The Hall–Kier alpha value is -2.86. The number of anilines is 1. The minimum absolute atomic E-state index is 0.635. The van der Waals surface area contributed by atoms with Crippen LogP contribution in [0.5, 0.6) is 17.2 Å². The van der Waals surface area contributed by atoms with Crippen molar-refractivity contribution in [3.05, 3.63) is 48.2 Å². The number of ether oxygens (including phenoxy) is 3. The van der Waals surface area contributed by atoms with Crippen molar-refractivity contribution in [1.29, 1.82) is 0 Å². The molecule has 1 aromatic heterocycles. The van der Waals surface area contributed by atoms with Crippen LogP contribution in [0.15, 0.2) is 42.6 Å². The van der Waals surface area contributed by atoms with Gasteiger partial charge in [-0.05, 0) is 62.6 Å². The van der Waals surface area contributed by atoms with Crippen molar-refractivity contribution >= 4 is 16.6 Å². The van der Waals surface area contributed by atoms with E-state index >= 15 is 0 Å². The highest BCUT2D eigenvalue weighted by Gasteiger charge is 2.19. The number of nitrogens with one attached hydrogen (secondary N) is 1. The van der Waals surface area contributed by atoms with Crippen molar-refractivity contribution < 1.29 is 14.2 Å². The second-order valence-electron chi connectivity index (χ2n) is 8.54. The van der Waals surface area contributed by atoms with Gasteiger partial charge in [-0.25, -0.2) is 0 Å². The van der Waals surface area contributed by atoms with E-state index in [1.165, 1.54) is 35.0 Å². The number of aromatic amines is 1. The average molecular weight is 436 g/mol. The van der Waals surface area contributed by atoms with Gasteiger partial charge in [-0.15, -0.1) is 0 Å². The minimum Gasteiger partial charge on any atom is -0.493 e. The zero-order valence-electron chi connectivity index (χ0n) is 18.9. The Labute approximate surface area is 190 Å². The van der Waals surface area contributed by atoms with Crippen molar-refractivity contribution in [1.82, 2.24) is 9.88 Å². The van der Waals surface area contributed by atoms with Crippen LogP contribution >= 0.6 is 0 Å². The van der Waals surface area contributed by atoms with Crippen molar-refractivity contribution in [3.8, 4) is 17.2 Å². The highest BCUT2D eigenvalue weighted by atomic mass is 16.6. The molecule has 0 amide bonds. The van der Waals surface area contributed by atoms with Gasteiger partial charge in [0.15, 0.2) is 11.5 Å². The van der Waals surface area contributed by atoms with Crippen LogP contribution in [0.25, 0.3) is 10.9 Å². The van der Waals surface area contributed by atoms with E-state index in [2.05, 4.69) is 51.3 Å². The first-order valence-electron chi connectivity index (χ1n) is 11.9. The Bertz CT molecular complexity index is 1040. The van der Waals surface area contributed by atoms with Crippen LogP contribution in [0.3, 0.4) is 0 Å². The van der Waals surface area contributed by atoms with Gasteiger partial charge < -0.3 is 24.1 Å². The van der Waals surface area contributed by atoms with Gasteiger partial charge in [-0.1, -0.05) is 6.07 Å². The second kappa shape index (κ2) is 9.74. The van der Waals surface area contributed by atoms with Crippen LogP contribution in [-0.4, -0.2) is 62.4 Å². The molecule has 2 aliphatic heterocycles. The molecule has 0 atom stereocenters. The Morgan fingerprint density at radius 2 is 1.81 bits per heavy atom. The number of H-pyrrole nitrogens is 1. The first-order chi connectivity index (χ1) is 15.8. The van der Waals surface area contributed by atoms with Crippen molar-refractivity contribution in [3.63, 3.8) is 0 Å². The van der Waals surface area contributed by atoms with E-state index in [1.54, 1.807) is 0 Å². The third kappa shape index (κ3) is 4.51. The second-order valence-corrected chi connectivity index (χ2v) is 8.54. The van der Waals surface area contributed by atoms with Gasteiger partial charge in [0.1, 0.15) is 19.0 Å². The Morgan fingerprint density at radius 3 is 2.66 bits per heavy atom. The highest BCUT2D eigenvalue weighted by Crippen LogP contribution is 2.34. The monoisotopic (exact) mass is 435 g/mol. The summed E-state index contributed by atoms with van der Waals surface area (Å²) in [5.74, 6) is 2.74. The molecular weight excluding hydrogens is 402 g/mol. The van der Waals surface area contributed by atoms with Gasteiger partial charge in [0, 0.05) is 55.0 Å². The number of nitrogens with zero attached hydrogens (tertiary/aromatic N) is 2. The maximum absolute atomic E-state index is 5.85. The van der Waals surface area contributed by atoms with Gasteiger partial charge in [0.25, 0.3) is 0 Å². The quantitative estimate of drug-likeness (QED) is 0.529. The molecule has 0 aliphatic carbocycles. The molecule has 0 saturated carbocycles. The SMILES string of the molecule is CCOc1cccc2[nH]cc(CCCCN3CCN(c4ccc5c(c4)OCCO5)CC3)c12. The number of piperazine rings is 1. The molecule has 0 spiro atoms. The average Bonchev–Trinajstić information content (AvgIpc) is 3.26. The van der Waals surface area contributed by atoms with Gasteiger partial charge in [0.2, 0.25) is 0 Å². The van der Waals surface area contributed by atoms with Crippen molar-refractivity contribution in [2.75, 3.05) is 57.4 Å². The fourth-order valence-corrected chi connectivity index (χ4v) is 4.80. The molecular formula is C26H33N3O3. The zero-order chi connectivity index (χ0) is 21.8. The van der Waals surface area contributed by atoms with Crippen LogP contribution in [0.4, 0.5) is 5.69 Å². The molecule has 1 N–H and O–H groups in total. The summed E-state index contributed by atoms with van der Waals surface area (Å²) in [5, 5.41) is 1.25. The summed E-state index contributed by atoms with van der Waals surface area (Å²) in [7, 11) is 0. The predicted octanol–water partition coefficient (Wildman–Crippen LogP) is 4.48. The normalized spacial score (nSPS) is 16.5. The Kier molecular flexibility index (Phi) is 6.39. The molecule has 2 aromatic carbocycles. The van der Waals surface area contributed by atoms with E-state index in [0.29, 0.717) is 19.8 Å². The number of aryl methyl sites for hydroxylation is 1. The van der Waals surface area contributed by atoms with E-state index in [4.69, 9.17) is 14.2 Å². The summed E-state index contributed by atoms with van der Waals surface area (Å²) in [6.07, 6.45) is 5.64. The van der Waals surface area contributed by atoms with Crippen LogP contribution in [0, 0.1) is 0 Å². The lowest BCUT2D eigenvalue weighted by molar-refractivity contribution is 0.171. The maximum Gasteiger partial charge on any atom is 0.163 e. The fourth-order valence-electron chi connectivity index (χ4n) is 4.80. The summed E-state index contributed by atoms with van der Waals surface area (Å²) < 4.78 is 17.2. The number of rotatable bonds is 8. The van der Waals surface area contributed by atoms with E-state index in [1.807, 2.05) is 13.0 Å². The molecule has 6 heteroatoms. The smallest absolute Gasteiger partial charge is 0.163 e. The Balaban J connectivity index is 1.09. The van der Waals surface area contributed by atoms with Crippen LogP contribution in [0.1, 0.15) is 25.3 Å². The van der Waals surface area contributed by atoms with E-state index in [0.717, 1.165) is 56.4 Å². The topological polar surface area (TPSA) is 50.0 Å². The van der Waals surface area contributed by atoms with Crippen LogP contribution in [0.2, 0.25) is 0 Å². The largest absolute Gasteiger partial charge is 0.493 e. The Morgan fingerprint density at radius 1 is 0.969 bits per heavy atom. The van der Waals surface area contributed by atoms with E-state index < -0.39 is 0 Å². The molecule has 1 saturated heterocycles. The highest BCUT2D eigenvalue weighted by molar-refractivity contribution is 5.89. The summed E-state index contributed by atoms with van der Waals surface area (Å²) in [5.41, 5.74) is 3.77. The molecule has 5 rings (SSSR count).